The summed E-state index contributed by atoms with van der Waals surface area (Å²) >= 11 is 6.69. The summed E-state index contributed by atoms with van der Waals surface area (Å²) in [5.74, 6) is 1.20. The predicted molar refractivity (Wildman–Crippen MR) is 165 cm³/mol. The fourth-order valence-electron chi connectivity index (χ4n) is 6.26. The Balaban J connectivity index is 1.25. The maximum atomic E-state index is 9.71. The lowest BCUT2D eigenvalue weighted by Gasteiger charge is -2.45. The first-order valence-electron chi connectivity index (χ1n) is 14.8. The molecule has 1 aliphatic carbocycles. The molecule has 0 bridgehead atoms. The van der Waals surface area contributed by atoms with E-state index in [0.29, 0.717) is 22.9 Å². The second-order valence-electron chi connectivity index (χ2n) is 11.6. The molecule has 1 aromatic heterocycles. The SMILES string of the molecule is C/C=C(\c1ccc(C)cc1CC)c1nc(Nc2cc(C3CC3)cc(N3CCC(N4CC(O)C4)CC3)c2)ncc1Cl. The van der Waals surface area contributed by atoms with Crippen molar-refractivity contribution in [2.45, 2.75) is 70.9 Å². The van der Waals surface area contributed by atoms with Crippen LogP contribution in [0.1, 0.15) is 73.4 Å². The van der Waals surface area contributed by atoms with Gasteiger partial charge in [0, 0.05) is 49.2 Å². The van der Waals surface area contributed by atoms with Gasteiger partial charge in [-0.05, 0) is 86.8 Å². The van der Waals surface area contributed by atoms with E-state index in [9.17, 15) is 5.11 Å². The Labute approximate surface area is 243 Å². The maximum Gasteiger partial charge on any atom is 0.227 e. The molecule has 6 nitrogen and oxygen atoms in total. The zero-order valence-electron chi connectivity index (χ0n) is 23.8. The van der Waals surface area contributed by atoms with Crippen molar-refractivity contribution in [1.29, 1.82) is 0 Å². The highest BCUT2D eigenvalue weighted by Crippen LogP contribution is 2.43. The normalized spacial score (nSPS) is 19.1. The van der Waals surface area contributed by atoms with Crippen LogP contribution < -0.4 is 10.2 Å². The highest BCUT2D eigenvalue weighted by Gasteiger charge is 2.33. The molecule has 7 heteroatoms. The summed E-state index contributed by atoms with van der Waals surface area (Å²) in [6.07, 6.45) is 9.39. The average Bonchev–Trinajstić information content (AvgIpc) is 3.80. The molecule has 6 rings (SSSR count). The molecular formula is C33H40ClN5O. The van der Waals surface area contributed by atoms with Crippen molar-refractivity contribution in [3.63, 3.8) is 0 Å². The first kappa shape index (κ1) is 27.3. The number of rotatable bonds is 8. The number of aliphatic hydroxyl groups is 1. The number of nitrogens with zero attached hydrogens (tertiary/aromatic N) is 4. The van der Waals surface area contributed by atoms with Crippen molar-refractivity contribution in [1.82, 2.24) is 14.9 Å². The first-order chi connectivity index (χ1) is 19.4. The monoisotopic (exact) mass is 557 g/mol. The van der Waals surface area contributed by atoms with E-state index in [2.05, 4.69) is 76.4 Å². The van der Waals surface area contributed by atoms with Gasteiger partial charge in [0.2, 0.25) is 5.95 Å². The number of piperidine rings is 1. The number of β-amino-alcohol motifs (C(OH)–C–C–N with tert-alkyl or cyclic N) is 1. The van der Waals surface area contributed by atoms with Gasteiger partial charge in [-0.1, -0.05) is 48.4 Å². The largest absolute Gasteiger partial charge is 0.390 e. The number of anilines is 3. The van der Waals surface area contributed by atoms with Gasteiger partial charge in [-0.2, -0.15) is 0 Å². The van der Waals surface area contributed by atoms with E-state index in [4.69, 9.17) is 16.6 Å². The van der Waals surface area contributed by atoms with E-state index in [1.165, 1.54) is 35.2 Å². The number of benzene rings is 2. The van der Waals surface area contributed by atoms with Crippen LogP contribution in [0.2, 0.25) is 5.02 Å². The smallest absolute Gasteiger partial charge is 0.227 e. The third-order valence-corrected chi connectivity index (χ3v) is 8.98. The second kappa shape index (κ2) is 11.5. The molecule has 1 saturated carbocycles. The van der Waals surface area contributed by atoms with Crippen LogP contribution in [0.4, 0.5) is 17.3 Å². The molecule has 3 aliphatic rings. The van der Waals surface area contributed by atoms with E-state index in [-0.39, 0.29) is 6.10 Å². The van der Waals surface area contributed by atoms with Gasteiger partial charge in [-0.25, -0.2) is 9.97 Å². The van der Waals surface area contributed by atoms with Crippen molar-refractivity contribution < 1.29 is 5.11 Å². The minimum absolute atomic E-state index is 0.132. The molecule has 2 aromatic carbocycles. The van der Waals surface area contributed by atoms with Gasteiger partial charge in [0.1, 0.15) is 0 Å². The van der Waals surface area contributed by atoms with Gasteiger partial charge in [0.15, 0.2) is 0 Å². The highest BCUT2D eigenvalue weighted by atomic mass is 35.5. The van der Waals surface area contributed by atoms with Crippen LogP contribution in [0, 0.1) is 6.92 Å². The number of likely N-dealkylation sites (tertiary alicyclic amines) is 1. The first-order valence-corrected chi connectivity index (χ1v) is 15.2. The average molecular weight is 558 g/mol. The molecule has 0 unspecified atom stereocenters. The Kier molecular flexibility index (Phi) is 7.84. The van der Waals surface area contributed by atoms with E-state index < -0.39 is 0 Å². The lowest BCUT2D eigenvalue weighted by Crippen LogP contribution is -2.57. The summed E-state index contributed by atoms with van der Waals surface area (Å²) in [7, 11) is 0. The van der Waals surface area contributed by atoms with E-state index >= 15 is 0 Å². The Morgan fingerprint density at radius 2 is 1.88 bits per heavy atom. The Bertz CT molecular complexity index is 1400. The van der Waals surface area contributed by atoms with Crippen LogP contribution >= 0.6 is 11.6 Å². The van der Waals surface area contributed by atoms with Gasteiger partial charge in [0.05, 0.1) is 23.0 Å². The highest BCUT2D eigenvalue weighted by molar-refractivity contribution is 6.32. The van der Waals surface area contributed by atoms with Crippen molar-refractivity contribution in [2.75, 3.05) is 36.4 Å². The number of hydrogen-bond acceptors (Lipinski definition) is 6. The number of halogens is 1. The molecule has 2 N–H and O–H groups in total. The van der Waals surface area contributed by atoms with Crippen molar-refractivity contribution in [3.05, 3.63) is 81.6 Å². The molecule has 3 heterocycles. The van der Waals surface area contributed by atoms with Crippen LogP contribution in [0.15, 0.2) is 48.7 Å². The number of aryl methyl sites for hydroxylation is 2. The van der Waals surface area contributed by atoms with Gasteiger partial charge in [0.25, 0.3) is 0 Å². The topological polar surface area (TPSA) is 64.5 Å². The zero-order valence-corrected chi connectivity index (χ0v) is 24.6. The minimum Gasteiger partial charge on any atom is -0.390 e. The number of nitrogens with one attached hydrogen (secondary N) is 1. The standard InChI is InChI=1S/C33H40ClN5O/c1-4-22-14-21(3)6-9-30(22)29(5-2)32-31(34)18-35-33(37-32)36-25-15-24(23-7-8-23)16-27(17-25)38-12-10-26(11-13-38)39-19-28(40)20-39/h5-6,9,14-18,23,26,28,40H,4,7-8,10-13,19-20H2,1-3H3,(H,35,36,37)/b29-5+. The third-order valence-electron chi connectivity index (χ3n) is 8.70. The predicted octanol–water partition coefficient (Wildman–Crippen LogP) is 6.72. The van der Waals surface area contributed by atoms with Crippen molar-refractivity contribution in [3.8, 4) is 0 Å². The summed E-state index contributed by atoms with van der Waals surface area (Å²) in [4.78, 5) is 14.4. The van der Waals surface area contributed by atoms with Gasteiger partial charge >= 0.3 is 0 Å². The fourth-order valence-corrected chi connectivity index (χ4v) is 6.45. The summed E-state index contributed by atoms with van der Waals surface area (Å²) in [5, 5.41) is 13.8. The molecule has 0 spiro atoms. The van der Waals surface area contributed by atoms with Crippen molar-refractivity contribution in [2.24, 2.45) is 0 Å². The van der Waals surface area contributed by atoms with Gasteiger partial charge in [-0.3, -0.25) is 4.90 Å². The van der Waals surface area contributed by atoms with Crippen LogP contribution in [-0.4, -0.2) is 58.3 Å². The number of aromatic nitrogens is 2. The quantitative estimate of drug-likeness (QED) is 0.320. The Hall–Kier alpha value is -2.93. The molecular weight excluding hydrogens is 518 g/mol. The van der Waals surface area contributed by atoms with E-state index in [1.807, 2.05) is 6.92 Å². The number of hydrogen-bond donors (Lipinski definition) is 2. The second-order valence-corrected chi connectivity index (χ2v) is 12.1. The Morgan fingerprint density at radius 1 is 1.10 bits per heavy atom. The zero-order chi connectivity index (χ0) is 27.8. The summed E-state index contributed by atoms with van der Waals surface area (Å²) < 4.78 is 0. The van der Waals surface area contributed by atoms with Crippen LogP contribution in [0.25, 0.3) is 5.57 Å². The van der Waals surface area contributed by atoms with Crippen LogP contribution in [0.3, 0.4) is 0 Å². The lowest BCUT2D eigenvalue weighted by atomic mass is 9.94. The van der Waals surface area contributed by atoms with Crippen LogP contribution in [-0.2, 0) is 6.42 Å². The van der Waals surface area contributed by atoms with Crippen LogP contribution in [0.5, 0.6) is 0 Å². The number of allylic oxidation sites excluding steroid dienone is 1. The lowest BCUT2D eigenvalue weighted by molar-refractivity contribution is -0.0300. The van der Waals surface area contributed by atoms with E-state index in [0.717, 1.165) is 68.0 Å². The molecule has 2 aliphatic heterocycles. The maximum absolute atomic E-state index is 9.71. The molecule has 2 saturated heterocycles. The van der Waals surface area contributed by atoms with Crippen molar-refractivity contribution >= 4 is 34.5 Å². The minimum atomic E-state index is -0.132. The summed E-state index contributed by atoms with van der Waals surface area (Å²) in [6.45, 7) is 10.1. The third kappa shape index (κ3) is 5.76. The molecule has 0 atom stereocenters. The van der Waals surface area contributed by atoms with Gasteiger partial charge < -0.3 is 15.3 Å². The molecule has 0 amide bonds. The molecule has 40 heavy (non-hydrogen) atoms. The molecule has 3 aromatic rings. The van der Waals surface area contributed by atoms with E-state index in [1.54, 1.807) is 6.20 Å². The number of aliphatic hydroxyl groups excluding tert-OH is 1. The Morgan fingerprint density at radius 3 is 2.55 bits per heavy atom. The van der Waals surface area contributed by atoms with Gasteiger partial charge in [-0.15, -0.1) is 0 Å². The molecule has 3 fully saturated rings. The summed E-state index contributed by atoms with van der Waals surface area (Å²) in [5.41, 5.74) is 9.15. The summed E-state index contributed by atoms with van der Waals surface area (Å²) in [6, 6.07) is 14.0. The molecule has 0 radical (unpaired) electrons. The molecule has 210 valence electrons. The fraction of sp³-hybridized carbons (Fsp3) is 0.455.